The average molecular weight is 305 g/mol. The third-order valence-corrected chi connectivity index (χ3v) is 5.51. The number of carbonyl (C=O) groups is 1. The van der Waals surface area contributed by atoms with Gasteiger partial charge in [-0.2, -0.15) is 0 Å². The van der Waals surface area contributed by atoms with Crippen LogP contribution < -0.4 is 5.32 Å². The summed E-state index contributed by atoms with van der Waals surface area (Å²) >= 11 is 0. The van der Waals surface area contributed by atoms with Gasteiger partial charge in [-0.05, 0) is 60.5 Å². The van der Waals surface area contributed by atoms with Crippen molar-refractivity contribution >= 4 is 11.5 Å². The number of hydrogen-bond acceptors (Lipinski definition) is 1. The van der Waals surface area contributed by atoms with Crippen molar-refractivity contribution in [3.63, 3.8) is 0 Å². The molecular formula is C21H23NO. The van der Waals surface area contributed by atoms with Crippen LogP contribution in [0, 0.1) is 0 Å². The third-order valence-electron chi connectivity index (χ3n) is 5.51. The minimum Gasteiger partial charge on any atom is -0.348 e. The number of allylic oxidation sites excluding steroid dienone is 2. The smallest absolute Gasteiger partial charge is 0.252 e. The standard InChI is InChI=1S/C21H23NO/c1-3-7-14-12-22-21(23)19(13(14)2)20-17-9-5-4-8-15(17)16-10-6-11-18(16)20/h4-5,7-9,16H,3,6,10-12H2,1-2H3,(H,22,23)/b14-7+. The molecule has 1 saturated carbocycles. The predicted octanol–water partition coefficient (Wildman–Crippen LogP) is 4.50. The molecule has 0 spiro atoms. The number of amides is 1. The largest absolute Gasteiger partial charge is 0.348 e. The van der Waals surface area contributed by atoms with E-state index in [1.807, 2.05) is 0 Å². The van der Waals surface area contributed by atoms with E-state index in [1.54, 1.807) is 0 Å². The summed E-state index contributed by atoms with van der Waals surface area (Å²) in [6.07, 6.45) is 6.84. The molecule has 2 aliphatic carbocycles. The van der Waals surface area contributed by atoms with Gasteiger partial charge in [-0.1, -0.05) is 42.8 Å². The minimum absolute atomic E-state index is 0.0978. The highest BCUT2D eigenvalue weighted by molar-refractivity contribution is 6.13. The molecule has 1 fully saturated rings. The van der Waals surface area contributed by atoms with E-state index >= 15 is 0 Å². The van der Waals surface area contributed by atoms with Crippen LogP contribution in [0.4, 0.5) is 0 Å². The lowest BCUT2D eigenvalue weighted by Crippen LogP contribution is -2.33. The van der Waals surface area contributed by atoms with Gasteiger partial charge in [0.1, 0.15) is 0 Å². The minimum atomic E-state index is 0.0978. The van der Waals surface area contributed by atoms with Gasteiger partial charge in [-0.25, -0.2) is 0 Å². The van der Waals surface area contributed by atoms with E-state index in [2.05, 4.69) is 49.5 Å². The lowest BCUT2D eigenvalue weighted by molar-refractivity contribution is -0.117. The average Bonchev–Trinajstić information content (AvgIpc) is 3.13. The van der Waals surface area contributed by atoms with Crippen LogP contribution in [0.5, 0.6) is 0 Å². The molecule has 1 N–H and O–H groups in total. The second-order valence-corrected chi connectivity index (χ2v) is 6.75. The third kappa shape index (κ3) is 2.12. The molecular weight excluding hydrogens is 282 g/mol. The molecule has 1 aliphatic heterocycles. The molecule has 1 unspecified atom stereocenters. The van der Waals surface area contributed by atoms with Gasteiger partial charge in [0.05, 0.1) is 5.57 Å². The second kappa shape index (κ2) is 5.52. The van der Waals surface area contributed by atoms with Crippen molar-refractivity contribution in [3.8, 4) is 0 Å². The first-order valence-electron chi connectivity index (χ1n) is 8.73. The van der Waals surface area contributed by atoms with Gasteiger partial charge in [0, 0.05) is 12.5 Å². The number of hydrogen-bond donors (Lipinski definition) is 1. The maximum atomic E-state index is 12.7. The molecule has 2 nitrogen and oxygen atoms in total. The van der Waals surface area contributed by atoms with E-state index < -0.39 is 0 Å². The van der Waals surface area contributed by atoms with Gasteiger partial charge in [0.2, 0.25) is 0 Å². The maximum absolute atomic E-state index is 12.7. The Hall–Kier alpha value is -2.09. The van der Waals surface area contributed by atoms with E-state index in [-0.39, 0.29) is 5.91 Å². The Balaban J connectivity index is 1.95. The summed E-state index contributed by atoms with van der Waals surface area (Å²) in [5.41, 5.74) is 8.80. The van der Waals surface area contributed by atoms with Crippen LogP contribution >= 0.6 is 0 Å². The van der Waals surface area contributed by atoms with Crippen molar-refractivity contribution in [1.82, 2.24) is 5.32 Å². The Morgan fingerprint density at radius 3 is 2.91 bits per heavy atom. The molecule has 23 heavy (non-hydrogen) atoms. The molecule has 4 rings (SSSR count). The highest BCUT2D eigenvalue weighted by atomic mass is 16.1. The van der Waals surface area contributed by atoms with E-state index in [9.17, 15) is 4.79 Å². The molecule has 1 aromatic rings. The molecule has 1 atom stereocenters. The van der Waals surface area contributed by atoms with Gasteiger partial charge >= 0.3 is 0 Å². The Morgan fingerprint density at radius 1 is 1.26 bits per heavy atom. The van der Waals surface area contributed by atoms with Crippen LogP contribution in [0.15, 0.2) is 52.6 Å². The maximum Gasteiger partial charge on any atom is 0.252 e. The first kappa shape index (κ1) is 14.5. The van der Waals surface area contributed by atoms with Crippen molar-refractivity contribution in [2.45, 2.75) is 45.4 Å². The van der Waals surface area contributed by atoms with Crippen LogP contribution in [0.3, 0.4) is 0 Å². The van der Waals surface area contributed by atoms with Crippen molar-refractivity contribution in [2.24, 2.45) is 0 Å². The molecule has 1 amide bonds. The lowest BCUT2D eigenvalue weighted by Gasteiger charge is -2.23. The zero-order valence-electron chi connectivity index (χ0n) is 13.9. The number of fused-ring (bicyclic) bond motifs is 3. The molecule has 2 heteroatoms. The molecule has 0 saturated heterocycles. The first-order chi connectivity index (χ1) is 11.2. The number of rotatable bonds is 2. The van der Waals surface area contributed by atoms with Gasteiger partial charge in [-0.15, -0.1) is 0 Å². The van der Waals surface area contributed by atoms with Crippen molar-refractivity contribution in [2.75, 3.05) is 6.54 Å². The molecule has 0 radical (unpaired) electrons. The van der Waals surface area contributed by atoms with Crippen molar-refractivity contribution in [3.05, 3.63) is 63.8 Å². The van der Waals surface area contributed by atoms with E-state index in [0.717, 1.165) is 18.4 Å². The topological polar surface area (TPSA) is 29.1 Å². The molecule has 0 aromatic heterocycles. The van der Waals surface area contributed by atoms with E-state index in [1.165, 1.54) is 46.3 Å². The highest BCUT2D eigenvalue weighted by Crippen LogP contribution is 2.53. The Bertz CT molecular complexity index is 779. The summed E-state index contributed by atoms with van der Waals surface area (Å²) in [5.74, 6) is 0.635. The zero-order valence-corrected chi connectivity index (χ0v) is 13.9. The summed E-state index contributed by atoms with van der Waals surface area (Å²) in [6, 6.07) is 8.67. The van der Waals surface area contributed by atoms with Crippen LogP contribution in [0.1, 0.15) is 56.6 Å². The van der Waals surface area contributed by atoms with Gasteiger partial charge in [0.25, 0.3) is 5.91 Å². The molecule has 1 heterocycles. The van der Waals surface area contributed by atoms with Crippen LogP contribution in [0.25, 0.3) is 5.57 Å². The Labute approximate surface area is 138 Å². The van der Waals surface area contributed by atoms with E-state index in [0.29, 0.717) is 12.5 Å². The van der Waals surface area contributed by atoms with Crippen LogP contribution in [-0.2, 0) is 4.79 Å². The quantitative estimate of drug-likeness (QED) is 0.856. The molecule has 118 valence electrons. The zero-order chi connectivity index (χ0) is 16.0. The fraction of sp³-hybridized carbons (Fsp3) is 0.381. The first-order valence-corrected chi connectivity index (χ1v) is 8.73. The Morgan fingerprint density at radius 2 is 2.09 bits per heavy atom. The predicted molar refractivity (Wildman–Crippen MR) is 94.0 cm³/mol. The summed E-state index contributed by atoms with van der Waals surface area (Å²) in [7, 11) is 0. The van der Waals surface area contributed by atoms with Gasteiger partial charge < -0.3 is 5.32 Å². The SMILES string of the molecule is CC/C=C1\CNC(=O)C(C2=C3CCCC3c3ccccc32)=C1C. The number of benzene rings is 1. The number of carbonyl (C=O) groups excluding carboxylic acids is 1. The highest BCUT2D eigenvalue weighted by Gasteiger charge is 2.38. The summed E-state index contributed by atoms with van der Waals surface area (Å²) in [5, 5.41) is 3.09. The summed E-state index contributed by atoms with van der Waals surface area (Å²) < 4.78 is 0. The molecule has 3 aliphatic rings. The Kier molecular flexibility index (Phi) is 3.48. The normalized spacial score (nSPS) is 25.0. The lowest BCUT2D eigenvalue weighted by atomic mass is 9.87. The van der Waals surface area contributed by atoms with Crippen LogP contribution in [0.2, 0.25) is 0 Å². The summed E-state index contributed by atoms with van der Waals surface area (Å²) in [6.45, 7) is 4.93. The van der Waals surface area contributed by atoms with Gasteiger partial charge in [-0.3, -0.25) is 4.79 Å². The van der Waals surface area contributed by atoms with Gasteiger partial charge in [0.15, 0.2) is 0 Å². The van der Waals surface area contributed by atoms with Crippen LogP contribution in [-0.4, -0.2) is 12.5 Å². The monoisotopic (exact) mass is 305 g/mol. The van der Waals surface area contributed by atoms with Crippen molar-refractivity contribution in [1.29, 1.82) is 0 Å². The second-order valence-electron chi connectivity index (χ2n) is 6.75. The fourth-order valence-corrected chi connectivity index (χ4v) is 4.48. The fourth-order valence-electron chi connectivity index (χ4n) is 4.48. The summed E-state index contributed by atoms with van der Waals surface area (Å²) in [4.78, 5) is 12.7. The number of nitrogens with one attached hydrogen (secondary N) is 1. The van der Waals surface area contributed by atoms with E-state index in [4.69, 9.17) is 0 Å². The molecule has 0 bridgehead atoms. The molecule has 1 aromatic carbocycles. The van der Waals surface area contributed by atoms with Crippen molar-refractivity contribution < 1.29 is 4.79 Å².